The van der Waals surface area contributed by atoms with Crippen molar-refractivity contribution < 1.29 is 14.3 Å². The molecule has 2 aliphatic heterocycles. The van der Waals surface area contributed by atoms with Crippen molar-refractivity contribution in [1.82, 2.24) is 10.6 Å². The number of piperazine rings is 1. The molecule has 2 aliphatic rings. The van der Waals surface area contributed by atoms with Crippen LogP contribution in [-0.4, -0.2) is 58.5 Å². The predicted octanol–water partition coefficient (Wildman–Crippen LogP) is 1.02. The SMILES string of the molecule is COc1ccc(N2CCNC(C(=O)NCC3CCOCC3)C2)cc1. The fourth-order valence-corrected chi connectivity index (χ4v) is 3.27. The highest BCUT2D eigenvalue weighted by Gasteiger charge is 2.26. The maximum atomic E-state index is 12.5. The van der Waals surface area contributed by atoms with Crippen LogP contribution in [0, 0.1) is 5.92 Å². The fraction of sp³-hybridized carbons (Fsp3) is 0.611. The fourth-order valence-electron chi connectivity index (χ4n) is 3.27. The molecule has 0 saturated carbocycles. The second kappa shape index (κ2) is 8.35. The highest BCUT2D eigenvalue weighted by Crippen LogP contribution is 2.20. The quantitative estimate of drug-likeness (QED) is 0.842. The molecule has 0 aliphatic carbocycles. The van der Waals surface area contributed by atoms with E-state index < -0.39 is 0 Å². The topological polar surface area (TPSA) is 62.8 Å². The summed E-state index contributed by atoms with van der Waals surface area (Å²) in [4.78, 5) is 14.7. The zero-order valence-corrected chi connectivity index (χ0v) is 14.3. The van der Waals surface area contributed by atoms with Crippen molar-refractivity contribution in [3.63, 3.8) is 0 Å². The number of methoxy groups -OCH3 is 1. The van der Waals surface area contributed by atoms with E-state index in [0.717, 1.165) is 57.1 Å². The van der Waals surface area contributed by atoms with Gasteiger partial charge in [0.2, 0.25) is 5.91 Å². The van der Waals surface area contributed by atoms with Crippen molar-refractivity contribution in [3.05, 3.63) is 24.3 Å². The van der Waals surface area contributed by atoms with Crippen LogP contribution in [0.5, 0.6) is 5.75 Å². The third-order valence-corrected chi connectivity index (χ3v) is 4.84. The van der Waals surface area contributed by atoms with Gasteiger partial charge in [0, 0.05) is 45.1 Å². The van der Waals surface area contributed by atoms with Gasteiger partial charge in [0.1, 0.15) is 11.8 Å². The Bertz CT molecular complexity index is 529. The molecule has 132 valence electrons. The number of hydrogen-bond acceptors (Lipinski definition) is 5. The molecule has 0 radical (unpaired) electrons. The van der Waals surface area contributed by atoms with E-state index in [0.29, 0.717) is 12.5 Å². The largest absolute Gasteiger partial charge is 0.497 e. The Morgan fingerprint density at radius 1 is 1.33 bits per heavy atom. The molecule has 24 heavy (non-hydrogen) atoms. The van der Waals surface area contributed by atoms with Crippen LogP contribution in [0.25, 0.3) is 0 Å². The van der Waals surface area contributed by atoms with Crippen molar-refractivity contribution >= 4 is 11.6 Å². The second-order valence-corrected chi connectivity index (χ2v) is 6.45. The first-order valence-corrected chi connectivity index (χ1v) is 8.74. The third kappa shape index (κ3) is 4.39. The van der Waals surface area contributed by atoms with Crippen LogP contribution < -0.4 is 20.3 Å². The number of nitrogens with one attached hydrogen (secondary N) is 2. The Hall–Kier alpha value is -1.79. The Balaban J connectivity index is 1.51. The summed E-state index contributed by atoms with van der Waals surface area (Å²) in [6.07, 6.45) is 2.08. The molecule has 1 unspecified atom stereocenters. The highest BCUT2D eigenvalue weighted by molar-refractivity contribution is 5.82. The second-order valence-electron chi connectivity index (χ2n) is 6.45. The Labute approximate surface area is 143 Å². The molecule has 2 N–H and O–H groups in total. The van der Waals surface area contributed by atoms with E-state index in [1.54, 1.807) is 7.11 Å². The minimum absolute atomic E-state index is 0.0969. The lowest BCUT2D eigenvalue weighted by Crippen LogP contribution is -2.57. The van der Waals surface area contributed by atoms with Gasteiger partial charge in [-0.3, -0.25) is 4.79 Å². The molecule has 0 bridgehead atoms. The Kier molecular flexibility index (Phi) is 5.93. The summed E-state index contributed by atoms with van der Waals surface area (Å²) < 4.78 is 10.6. The number of ether oxygens (including phenoxy) is 2. The molecule has 1 aromatic carbocycles. The first kappa shape index (κ1) is 17.0. The van der Waals surface area contributed by atoms with Gasteiger partial charge in [0.25, 0.3) is 0 Å². The first-order valence-electron chi connectivity index (χ1n) is 8.74. The summed E-state index contributed by atoms with van der Waals surface area (Å²) in [6, 6.07) is 7.83. The van der Waals surface area contributed by atoms with E-state index in [2.05, 4.69) is 15.5 Å². The predicted molar refractivity (Wildman–Crippen MR) is 93.6 cm³/mol. The van der Waals surface area contributed by atoms with Crippen molar-refractivity contribution in [3.8, 4) is 5.75 Å². The van der Waals surface area contributed by atoms with Crippen LogP contribution in [0.4, 0.5) is 5.69 Å². The molecule has 2 fully saturated rings. The summed E-state index contributed by atoms with van der Waals surface area (Å²) in [5, 5.41) is 6.43. The van der Waals surface area contributed by atoms with Crippen LogP contribution in [0.2, 0.25) is 0 Å². The van der Waals surface area contributed by atoms with Crippen LogP contribution in [-0.2, 0) is 9.53 Å². The van der Waals surface area contributed by atoms with Gasteiger partial charge in [-0.05, 0) is 43.0 Å². The van der Waals surface area contributed by atoms with Crippen LogP contribution in [0.3, 0.4) is 0 Å². The molecule has 0 spiro atoms. The lowest BCUT2D eigenvalue weighted by atomic mass is 10.0. The van der Waals surface area contributed by atoms with Crippen molar-refractivity contribution in [2.45, 2.75) is 18.9 Å². The van der Waals surface area contributed by atoms with E-state index in [4.69, 9.17) is 9.47 Å². The number of rotatable bonds is 5. The van der Waals surface area contributed by atoms with Crippen LogP contribution in [0.1, 0.15) is 12.8 Å². The number of benzene rings is 1. The van der Waals surface area contributed by atoms with Gasteiger partial charge in [-0.15, -0.1) is 0 Å². The van der Waals surface area contributed by atoms with E-state index in [1.165, 1.54) is 0 Å². The van der Waals surface area contributed by atoms with E-state index in [-0.39, 0.29) is 11.9 Å². The molecule has 6 heteroatoms. The normalized spacial score (nSPS) is 22.2. The minimum atomic E-state index is -0.166. The smallest absolute Gasteiger partial charge is 0.238 e. The molecule has 1 aromatic rings. The molecule has 0 aromatic heterocycles. The zero-order chi connectivity index (χ0) is 16.8. The lowest BCUT2D eigenvalue weighted by molar-refractivity contribution is -0.123. The monoisotopic (exact) mass is 333 g/mol. The molecule has 1 atom stereocenters. The number of amides is 1. The molecule has 1 amide bonds. The number of carbonyl (C=O) groups excluding carboxylic acids is 1. The third-order valence-electron chi connectivity index (χ3n) is 4.84. The van der Waals surface area contributed by atoms with Gasteiger partial charge < -0.3 is 25.0 Å². The maximum Gasteiger partial charge on any atom is 0.238 e. The van der Waals surface area contributed by atoms with Crippen LogP contribution in [0.15, 0.2) is 24.3 Å². The lowest BCUT2D eigenvalue weighted by Gasteiger charge is -2.35. The molecule has 2 heterocycles. The highest BCUT2D eigenvalue weighted by atomic mass is 16.5. The molecule has 3 rings (SSSR count). The van der Waals surface area contributed by atoms with E-state index in [1.807, 2.05) is 24.3 Å². The molecule has 6 nitrogen and oxygen atoms in total. The summed E-state index contributed by atoms with van der Waals surface area (Å²) in [6.45, 7) is 4.77. The average molecular weight is 333 g/mol. The van der Waals surface area contributed by atoms with Crippen molar-refractivity contribution in [2.75, 3.05) is 51.4 Å². The maximum absolute atomic E-state index is 12.5. The van der Waals surface area contributed by atoms with Crippen molar-refractivity contribution in [2.24, 2.45) is 5.92 Å². The number of hydrogen-bond donors (Lipinski definition) is 2. The number of nitrogens with zero attached hydrogens (tertiary/aromatic N) is 1. The summed E-state index contributed by atoms with van der Waals surface area (Å²) in [5.74, 6) is 1.49. The average Bonchev–Trinajstić information content (AvgIpc) is 2.67. The summed E-state index contributed by atoms with van der Waals surface area (Å²) in [7, 11) is 1.67. The van der Waals surface area contributed by atoms with Gasteiger partial charge >= 0.3 is 0 Å². The van der Waals surface area contributed by atoms with E-state index >= 15 is 0 Å². The van der Waals surface area contributed by atoms with Crippen LogP contribution >= 0.6 is 0 Å². The Morgan fingerprint density at radius 3 is 2.79 bits per heavy atom. The van der Waals surface area contributed by atoms with Gasteiger partial charge in [-0.1, -0.05) is 0 Å². The minimum Gasteiger partial charge on any atom is -0.497 e. The molecular weight excluding hydrogens is 306 g/mol. The zero-order valence-electron chi connectivity index (χ0n) is 14.3. The standard InChI is InChI=1S/C18H27N3O3/c1-23-16-4-2-15(3-5-16)21-9-8-19-17(13-21)18(22)20-12-14-6-10-24-11-7-14/h2-5,14,17,19H,6-13H2,1H3,(H,20,22). The summed E-state index contributed by atoms with van der Waals surface area (Å²) >= 11 is 0. The Morgan fingerprint density at radius 2 is 2.08 bits per heavy atom. The van der Waals surface area contributed by atoms with Gasteiger partial charge in [0.15, 0.2) is 0 Å². The van der Waals surface area contributed by atoms with Gasteiger partial charge in [0.05, 0.1) is 7.11 Å². The first-order chi connectivity index (χ1) is 11.8. The number of carbonyl (C=O) groups is 1. The van der Waals surface area contributed by atoms with E-state index in [9.17, 15) is 4.79 Å². The van der Waals surface area contributed by atoms with Crippen molar-refractivity contribution in [1.29, 1.82) is 0 Å². The van der Waals surface area contributed by atoms with Gasteiger partial charge in [-0.2, -0.15) is 0 Å². The van der Waals surface area contributed by atoms with Gasteiger partial charge in [-0.25, -0.2) is 0 Å². The number of anilines is 1. The molecule has 2 saturated heterocycles. The summed E-state index contributed by atoms with van der Waals surface area (Å²) in [5.41, 5.74) is 1.12. The molecular formula is C18H27N3O3.